The second kappa shape index (κ2) is 5.90. The summed E-state index contributed by atoms with van der Waals surface area (Å²) in [5.74, 6) is 0.278. The molecule has 1 aromatic carbocycles. The Morgan fingerprint density at radius 2 is 2.23 bits per heavy atom. The summed E-state index contributed by atoms with van der Waals surface area (Å²) in [6.07, 6.45) is 1.39. The first kappa shape index (κ1) is 14.7. The van der Waals surface area contributed by atoms with E-state index < -0.39 is 0 Å². The molecule has 0 saturated heterocycles. The third-order valence-electron chi connectivity index (χ3n) is 3.24. The van der Waals surface area contributed by atoms with Crippen molar-refractivity contribution in [3.05, 3.63) is 56.9 Å². The van der Waals surface area contributed by atoms with E-state index in [1.807, 2.05) is 0 Å². The molecular weight excluding hydrogens is 324 g/mol. The summed E-state index contributed by atoms with van der Waals surface area (Å²) in [4.78, 5) is 29.4. The van der Waals surface area contributed by atoms with Crippen LogP contribution in [0, 0.1) is 0 Å². The molecule has 0 fully saturated rings. The predicted molar refractivity (Wildman–Crippen MR) is 86.2 cm³/mol. The SMILES string of the molecule is COc1ccc(C(=O)Cn2cnc3sccc3c2=O)cc1Cl. The number of thiophene rings is 1. The Bertz CT molecular complexity index is 917. The lowest BCUT2D eigenvalue weighted by Gasteiger charge is -2.07. The van der Waals surface area contributed by atoms with Crippen molar-refractivity contribution in [2.24, 2.45) is 0 Å². The Morgan fingerprint density at radius 1 is 1.41 bits per heavy atom. The van der Waals surface area contributed by atoms with Crippen molar-refractivity contribution in [1.29, 1.82) is 0 Å². The Kier molecular flexibility index (Phi) is 3.96. The molecule has 22 heavy (non-hydrogen) atoms. The second-order valence-electron chi connectivity index (χ2n) is 4.59. The number of ketones is 1. The van der Waals surface area contributed by atoms with Gasteiger partial charge in [-0.15, -0.1) is 11.3 Å². The molecule has 0 amide bonds. The maximum absolute atomic E-state index is 12.3. The van der Waals surface area contributed by atoms with E-state index in [9.17, 15) is 9.59 Å². The van der Waals surface area contributed by atoms with Crippen LogP contribution >= 0.6 is 22.9 Å². The normalized spacial score (nSPS) is 10.8. The molecule has 7 heteroatoms. The van der Waals surface area contributed by atoms with E-state index in [0.29, 0.717) is 26.6 Å². The molecular formula is C15H11ClN2O3S. The smallest absolute Gasteiger partial charge is 0.262 e. The van der Waals surface area contributed by atoms with E-state index >= 15 is 0 Å². The van der Waals surface area contributed by atoms with Gasteiger partial charge in [-0.25, -0.2) is 4.98 Å². The van der Waals surface area contributed by atoms with Gasteiger partial charge in [0.2, 0.25) is 0 Å². The average molecular weight is 335 g/mol. The van der Waals surface area contributed by atoms with Crippen LogP contribution in [0.4, 0.5) is 0 Å². The van der Waals surface area contributed by atoms with Gasteiger partial charge in [0, 0.05) is 5.56 Å². The number of aromatic nitrogens is 2. The fraction of sp³-hybridized carbons (Fsp3) is 0.133. The van der Waals surface area contributed by atoms with Crippen molar-refractivity contribution in [3.8, 4) is 5.75 Å². The van der Waals surface area contributed by atoms with Crippen LogP contribution in [0.2, 0.25) is 5.02 Å². The first-order valence-electron chi connectivity index (χ1n) is 6.39. The topological polar surface area (TPSA) is 61.2 Å². The lowest BCUT2D eigenvalue weighted by atomic mass is 10.1. The van der Waals surface area contributed by atoms with Crippen LogP contribution in [0.5, 0.6) is 5.75 Å². The third kappa shape index (κ3) is 2.63. The van der Waals surface area contributed by atoms with E-state index in [0.717, 1.165) is 0 Å². The van der Waals surface area contributed by atoms with E-state index in [-0.39, 0.29) is 17.9 Å². The fourth-order valence-electron chi connectivity index (χ4n) is 2.09. The molecule has 0 radical (unpaired) electrons. The predicted octanol–water partition coefficient (Wildman–Crippen LogP) is 3.00. The molecule has 0 unspecified atom stereocenters. The number of benzene rings is 1. The first-order valence-corrected chi connectivity index (χ1v) is 7.65. The Labute approximate surface area is 134 Å². The molecule has 0 aliphatic heterocycles. The van der Waals surface area contributed by atoms with Gasteiger partial charge in [-0.1, -0.05) is 11.6 Å². The van der Waals surface area contributed by atoms with Crippen molar-refractivity contribution in [3.63, 3.8) is 0 Å². The molecule has 2 aromatic heterocycles. The van der Waals surface area contributed by atoms with Crippen molar-refractivity contribution in [2.75, 3.05) is 7.11 Å². The monoisotopic (exact) mass is 334 g/mol. The molecule has 3 rings (SSSR count). The molecule has 0 aliphatic carbocycles. The van der Waals surface area contributed by atoms with Crippen LogP contribution in [0.25, 0.3) is 10.2 Å². The number of fused-ring (bicyclic) bond motifs is 1. The van der Waals surface area contributed by atoms with Gasteiger partial charge in [0.05, 0.1) is 30.4 Å². The number of halogens is 1. The van der Waals surface area contributed by atoms with Crippen molar-refractivity contribution in [1.82, 2.24) is 9.55 Å². The fourth-order valence-corrected chi connectivity index (χ4v) is 3.07. The number of nitrogens with zero attached hydrogens (tertiary/aromatic N) is 2. The molecule has 3 aromatic rings. The van der Waals surface area contributed by atoms with Crippen LogP contribution in [-0.2, 0) is 6.54 Å². The quantitative estimate of drug-likeness (QED) is 0.688. The van der Waals surface area contributed by atoms with Gasteiger partial charge >= 0.3 is 0 Å². The maximum Gasteiger partial charge on any atom is 0.262 e. The highest BCUT2D eigenvalue weighted by Crippen LogP contribution is 2.25. The highest BCUT2D eigenvalue weighted by molar-refractivity contribution is 7.16. The minimum absolute atomic E-state index is 0.0831. The minimum Gasteiger partial charge on any atom is -0.495 e. The van der Waals surface area contributed by atoms with E-state index in [1.165, 1.54) is 35.4 Å². The van der Waals surface area contributed by atoms with Crippen LogP contribution in [-0.4, -0.2) is 22.4 Å². The van der Waals surface area contributed by atoms with Crippen LogP contribution in [0.15, 0.2) is 40.8 Å². The highest BCUT2D eigenvalue weighted by atomic mass is 35.5. The number of hydrogen-bond donors (Lipinski definition) is 0. The van der Waals surface area contributed by atoms with E-state index in [4.69, 9.17) is 16.3 Å². The van der Waals surface area contributed by atoms with Gasteiger partial charge in [0.1, 0.15) is 10.6 Å². The van der Waals surface area contributed by atoms with Gasteiger partial charge in [0.25, 0.3) is 5.56 Å². The minimum atomic E-state index is -0.223. The largest absolute Gasteiger partial charge is 0.495 e. The lowest BCUT2D eigenvalue weighted by Crippen LogP contribution is -2.24. The highest BCUT2D eigenvalue weighted by Gasteiger charge is 2.12. The number of carbonyl (C=O) groups excluding carboxylic acids is 1. The Hall–Kier alpha value is -2.18. The zero-order chi connectivity index (χ0) is 15.7. The third-order valence-corrected chi connectivity index (χ3v) is 4.35. The molecule has 0 aliphatic rings. The molecule has 112 valence electrons. The second-order valence-corrected chi connectivity index (χ2v) is 5.89. The summed E-state index contributed by atoms with van der Waals surface area (Å²) in [5.41, 5.74) is 0.197. The van der Waals surface area contributed by atoms with Crippen molar-refractivity contribution >= 4 is 38.9 Å². The Morgan fingerprint density at radius 3 is 2.95 bits per heavy atom. The van der Waals surface area contributed by atoms with Crippen LogP contribution in [0.1, 0.15) is 10.4 Å². The molecule has 0 bridgehead atoms. The molecule has 2 heterocycles. The summed E-state index contributed by atoms with van der Waals surface area (Å²) in [5, 5.41) is 2.68. The number of methoxy groups -OCH3 is 1. The summed E-state index contributed by atoms with van der Waals surface area (Å²) < 4.78 is 6.35. The van der Waals surface area contributed by atoms with E-state index in [1.54, 1.807) is 23.6 Å². The molecule has 0 N–H and O–H groups in total. The van der Waals surface area contributed by atoms with Crippen molar-refractivity contribution < 1.29 is 9.53 Å². The van der Waals surface area contributed by atoms with Crippen molar-refractivity contribution in [2.45, 2.75) is 6.54 Å². The summed E-state index contributed by atoms with van der Waals surface area (Å²) in [6, 6.07) is 6.48. The average Bonchev–Trinajstić information content (AvgIpc) is 2.99. The van der Waals surface area contributed by atoms with Crippen LogP contribution < -0.4 is 10.3 Å². The van der Waals surface area contributed by atoms with Gasteiger partial charge < -0.3 is 4.74 Å². The molecule has 0 saturated carbocycles. The lowest BCUT2D eigenvalue weighted by molar-refractivity contribution is 0.0970. The number of ether oxygens (including phenoxy) is 1. The zero-order valence-corrected chi connectivity index (χ0v) is 13.1. The molecule has 0 atom stereocenters. The summed E-state index contributed by atoms with van der Waals surface area (Å²) >= 11 is 7.41. The summed E-state index contributed by atoms with van der Waals surface area (Å²) in [6.45, 7) is -0.0831. The molecule has 0 spiro atoms. The molecule has 5 nitrogen and oxygen atoms in total. The number of rotatable bonds is 4. The Balaban J connectivity index is 1.91. The zero-order valence-electron chi connectivity index (χ0n) is 11.6. The number of Topliss-reactive ketones (excluding diaryl/α,β-unsaturated/α-hetero) is 1. The maximum atomic E-state index is 12.3. The number of carbonyl (C=O) groups is 1. The van der Waals surface area contributed by atoms with Crippen LogP contribution in [0.3, 0.4) is 0 Å². The van der Waals surface area contributed by atoms with Gasteiger partial charge in [-0.3, -0.25) is 14.2 Å². The first-order chi connectivity index (χ1) is 10.6. The summed E-state index contributed by atoms with van der Waals surface area (Å²) in [7, 11) is 1.50. The van der Waals surface area contributed by atoms with Gasteiger partial charge in [0.15, 0.2) is 5.78 Å². The van der Waals surface area contributed by atoms with E-state index in [2.05, 4.69) is 4.98 Å². The number of hydrogen-bond acceptors (Lipinski definition) is 5. The standard InChI is InChI=1S/C15H11ClN2O3S/c1-21-13-3-2-9(6-11(13)16)12(19)7-18-8-17-14-10(15(18)20)4-5-22-14/h2-6,8H,7H2,1H3. The van der Waals surface area contributed by atoms with Gasteiger partial charge in [-0.2, -0.15) is 0 Å². The van der Waals surface area contributed by atoms with Gasteiger partial charge in [-0.05, 0) is 29.6 Å².